The van der Waals surface area contributed by atoms with Crippen molar-refractivity contribution in [3.05, 3.63) is 48.0 Å². The molecular formula is C14H15NO2. The van der Waals surface area contributed by atoms with Gasteiger partial charge >= 0.3 is 5.97 Å². The second-order valence-electron chi connectivity index (χ2n) is 3.92. The molecule has 0 saturated carbocycles. The lowest BCUT2D eigenvalue weighted by Crippen LogP contribution is -2.35. The van der Waals surface area contributed by atoms with Crippen LogP contribution in [0.1, 0.15) is 9.68 Å². The number of likely N-dealkylation sites (N-methyl/N-ethyl adjacent to an activating group) is 1. The van der Waals surface area contributed by atoms with Crippen molar-refractivity contribution < 1.29 is 14.0 Å². The molecule has 0 heterocycles. The molecule has 3 nitrogen and oxygen atoms in total. The fourth-order valence-electron chi connectivity index (χ4n) is 1.80. The molecule has 0 saturated heterocycles. The van der Waals surface area contributed by atoms with Gasteiger partial charge in [-0.05, 0) is 29.7 Å². The van der Waals surface area contributed by atoms with Crippen molar-refractivity contribution in [1.82, 2.24) is 5.32 Å². The highest BCUT2D eigenvalue weighted by Crippen LogP contribution is 2.16. The Morgan fingerprint density at radius 3 is 2.82 bits per heavy atom. The van der Waals surface area contributed by atoms with Crippen LogP contribution in [0.4, 0.5) is 0 Å². The van der Waals surface area contributed by atoms with Crippen LogP contribution >= 0.6 is 0 Å². The summed E-state index contributed by atoms with van der Waals surface area (Å²) in [5.41, 5.74) is 0.785. The van der Waals surface area contributed by atoms with Crippen molar-refractivity contribution in [1.29, 1.82) is 0 Å². The molecule has 0 spiro atoms. The zero-order valence-electron chi connectivity index (χ0n) is 12.2. The Hall–Kier alpha value is -1.87. The molecule has 2 rings (SSSR count). The maximum atomic E-state index is 11.1. The molecule has 2 N–H and O–H groups in total. The summed E-state index contributed by atoms with van der Waals surface area (Å²) in [5, 5.41) is 13.3. The van der Waals surface area contributed by atoms with Crippen molar-refractivity contribution in [2.45, 2.75) is 12.5 Å². The Balaban J connectivity index is 2.22. The van der Waals surface area contributed by atoms with Gasteiger partial charge in [0.2, 0.25) is 0 Å². The number of hydrogen-bond acceptors (Lipinski definition) is 2. The quantitative estimate of drug-likeness (QED) is 0.848. The van der Waals surface area contributed by atoms with E-state index in [1.165, 1.54) is 0 Å². The van der Waals surface area contributed by atoms with E-state index in [0.29, 0.717) is 0 Å². The van der Waals surface area contributed by atoms with Gasteiger partial charge in [-0.25, -0.2) is 0 Å². The number of carboxylic acids is 1. The van der Waals surface area contributed by atoms with E-state index in [0.717, 1.165) is 16.3 Å². The van der Waals surface area contributed by atoms with Gasteiger partial charge in [-0.15, -0.1) is 0 Å². The highest BCUT2D eigenvalue weighted by molar-refractivity contribution is 5.83. The van der Waals surface area contributed by atoms with E-state index < -0.39 is 19.0 Å². The molecule has 0 aliphatic rings. The number of hydrogen-bond donors (Lipinski definition) is 2. The Bertz CT molecular complexity index is 625. The molecule has 0 aromatic heterocycles. The first-order chi connectivity index (χ1) is 9.35. The number of aliphatic carboxylic acids is 1. The highest BCUT2D eigenvalue weighted by atomic mass is 16.4. The second-order valence-corrected chi connectivity index (χ2v) is 3.92. The lowest BCUT2D eigenvalue weighted by molar-refractivity contribution is -0.139. The Kier molecular flexibility index (Phi) is 2.42. The highest BCUT2D eigenvalue weighted by Gasteiger charge is 2.15. The minimum atomic E-state index is -2.47. The largest absolute Gasteiger partial charge is 0.480 e. The first kappa shape index (κ1) is 8.25. The average molecular weight is 232 g/mol. The molecule has 0 fully saturated rings. The van der Waals surface area contributed by atoms with Crippen LogP contribution in [0.5, 0.6) is 0 Å². The van der Waals surface area contributed by atoms with Gasteiger partial charge in [0.25, 0.3) is 0 Å². The number of rotatable bonds is 4. The van der Waals surface area contributed by atoms with Gasteiger partial charge in [0, 0.05) is 4.11 Å². The van der Waals surface area contributed by atoms with Crippen molar-refractivity contribution in [2.24, 2.45) is 0 Å². The maximum absolute atomic E-state index is 11.1. The van der Waals surface area contributed by atoms with Gasteiger partial charge in [0.05, 0.1) is 0 Å². The summed E-state index contributed by atoms with van der Waals surface area (Å²) in [6.07, 6.45) is 0.124. The van der Waals surface area contributed by atoms with Crippen molar-refractivity contribution in [2.75, 3.05) is 6.98 Å². The number of carboxylic acid groups (broad SMARTS) is 1. The second kappa shape index (κ2) is 4.97. The molecule has 2 aromatic rings. The summed E-state index contributed by atoms with van der Waals surface area (Å²) in [7, 11) is 0. The van der Waals surface area contributed by atoms with E-state index in [-0.39, 0.29) is 6.42 Å². The Labute approximate surface area is 104 Å². The van der Waals surface area contributed by atoms with Gasteiger partial charge < -0.3 is 10.4 Å². The molecule has 0 unspecified atom stereocenters. The lowest BCUT2D eigenvalue weighted by Gasteiger charge is -2.11. The van der Waals surface area contributed by atoms with Crippen molar-refractivity contribution >= 4 is 16.7 Å². The first-order valence-electron chi connectivity index (χ1n) is 6.83. The summed E-state index contributed by atoms with van der Waals surface area (Å²) in [6.45, 7) is -2.47. The summed E-state index contributed by atoms with van der Waals surface area (Å²) >= 11 is 0. The SMILES string of the molecule is [2H]C([2H])([2H])N[C@@H](Cc1ccc2ccccc2c1)C(=O)O. The summed E-state index contributed by atoms with van der Waals surface area (Å²) in [4.78, 5) is 11.1. The van der Waals surface area contributed by atoms with Gasteiger partial charge in [0.15, 0.2) is 0 Å². The fraction of sp³-hybridized carbons (Fsp3) is 0.214. The van der Waals surface area contributed by atoms with Crippen LogP contribution < -0.4 is 5.32 Å². The van der Waals surface area contributed by atoms with Crippen LogP contribution in [0.3, 0.4) is 0 Å². The Morgan fingerprint density at radius 1 is 1.35 bits per heavy atom. The van der Waals surface area contributed by atoms with Gasteiger partial charge in [-0.2, -0.15) is 0 Å². The minimum absolute atomic E-state index is 0.124. The van der Waals surface area contributed by atoms with E-state index in [9.17, 15) is 4.79 Å². The molecule has 1 atom stereocenters. The molecule has 0 amide bonds. The van der Waals surface area contributed by atoms with E-state index >= 15 is 0 Å². The van der Waals surface area contributed by atoms with Crippen LogP contribution in [-0.4, -0.2) is 24.1 Å². The standard InChI is InChI=1S/C14H15NO2/c1-15-13(14(16)17)9-10-6-7-11-4-2-3-5-12(11)8-10/h2-8,13,15H,9H2,1H3,(H,16,17)/t13-/m0/s1/i1D3. The van der Waals surface area contributed by atoms with E-state index in [1.54, 1.807) is 0 Å². The predicted molar refractivity (Wildman–Crippen MR) is 68.1 cm³/mol. The van der Waals surface area contributed by atoms with Gasteiger partial charge in [-0.1, -0.05) is 42.5 Å². The molecule has 3 heteroatoms. The van der Waals surface area contributed by atoms with Gasteiger partial charge in [-0.3, -0.25) is 4.79 Å². The third kappa shape index (κ3) is 2.63. The summed E-state index contributed by atoms with van der Waals surface area (Å²) in [5.74, 6) is -1.17. The van der Waals surface area contributed by atoms with Crippen LogP contribution in [-0.2, 0) is 11.2 Å². The zero-order valence-corrected chi connectivity index (χ0v) is 9.18. The van der Waals surface area contributed by atoms with Gasteiger partial charge in [0.1, 0.15) is 6.04 Å². The molecule has 88 valence electrons. The Morgan fingerprint density at radius 2 is 2.12 bits per heavy atom. The molecule has 0 radical (unpaired) electrons. The van der Waals surface area contributed by atoms with Crippen LogP contribution in [0.15, 0.2) is 42.5 Å². The average Bonchev–Trinajstić information content (AvgIpc) is 2.36. The minimum Gasteiger partial charge on any atom is -0.480 e. The van der Waals surface area contributed by atoms with E-state index in [1.807, 2.05) is 42.5 Å². The van der Waals surface area contributed by atoms with Crippen LogP contribution in [0.2, 0.25) is 0 Å². The number of benzene rings is 2. The third-order valence-corrected chi connectivity index (χ3v) is 2.73. The lowest BCUT2D eigenvalue weighted by atomic mass is 10.0. The predicted octanol–water partition coefficient (Wildman–Crippen LogP) is 2.05. The molecule has 0 aliphatic heterocycles. The van der Waals surface area contributed by atoms with E-state index in [4.69, 9.17) is 9.22 Å². The third-order valence-electron chi connectivity index (χ3n) is 2.73. The topological polar surface area (TPSA) is 49.3 Å². The molecule has 2 aromatic carbocycles. The zero-order chi connectivity index (χ0) is 14.8. The normalized spacial score (nSPS) is 15.9. The molecule has 17 heavy (non-hydrogen) atoms. The van der Waals surface area contributed by atoms with Crippen LogP contribution in [0.25, 0.3) is 10.8 Å². The smallest absolute Gasteiger partial charge is 0.321 e. The molecule has 0 bridgehead atoms. The summed E-state index contributed by atoms with van der Waals surface area (Å²) < 4.78 is 21.3. The number of fused-ring (bicyclic) bond motifs is 1. The molecular weight excluding hydrogens is 214 g/mol. The first-order valence-corrected chi connectivity index (χ1v) is 5.33. The van der Waals surface area contributed by atoms with Crippen LogP contribution in [0, 0.1) is 0 Å². The van der Waals surface area contributed by atoms with Crippen molar-refractivity contribution in [3.63, 3.8) is 0 Å². The summed E-state index contributed by atoms with van der Waals surface area (Å²) in [6, 6.07) is 12.2. The maximum Gasteiger partial charge on any atom is 0.321 e. The number of nitrogens with one attached hydrogen (secondary N) is 1. The van der Waals surface area contributed by atoms with Crippen molar-refractivity contribution in [3.8, 4) is 0 Å². The number of carbonyl (C=O) groups is 1. The van der Waals surface area contributed by atoms with E-state index in [2.05, 4.69) is 5.32 Å². The molecule has 0 aliphatic carbocycles. The monoisotopic (exact) mass is 232 g/mol. The fourth-order valence-corrected chi connectivity index (χ4v) is 1.80.